The summed E-state index contributed by atoms with van der Waals surface area (Å²) < 4.78 is 5.45. The van der Waals surface area contributed by atoms with Crippen molar-refractivity contribution in [1.82, 2.24) is 10.2 Å². The van der Waals surface area contributed by atoms with Crippen molar-refractivity contribution < 1.29 is 29.3 Å². The van der Waals surface area contributed by atoms with Gasteiger partial charge in [-0.3, -0.25) is 9.59 Å². The van der Waals surface area contributed by atoms with Crippen LogP contribution in [0.3, 0.4) is 0 Å². The first-order chi connectivity index (χ1) is 19.3. The van der Waals surface area contributed by atoms with Crippen LogP contribution in [0.5, 0.6) is 0 Å². The summed E-state index contributed by atoms with van der Waals surface area (Å²) in [7, 11) is 0. The minimum absolute atomic E-state index is 0.00385. The van der Waals surface area contributed by atoms with Crippen molar-refractivity contribution in [3.8, 4) is 0 Å². The maximum absolute atomic E-state index is 14.1. The third-order valence-electron chi connectivity index (χ3n) is 6.69. The van der Waals surface area contributed by atoms with Crippen molar-refractivity contribution in [3.05, 3.63) is 71.8 Å². The maximum Gasteiger partial charge on any atom is 0.407 e. The number of aliphatic hydroxyl groups excluding tert-OH is 2. The number of hydrogen-bond donors (Lipinski definition) is 4. The van der Waals surface area contributed by atoms with E-state index in [1.165, 1.54) is 4.90 Å². The Hall–Kier alpha value is -3.43. The highest BCUT2D eigenvalue weighted by Gasteiger charge is 2.36. The molecule has 5 N–H and O–H groups in total. The summed E-state index contributed by atoms with van der Waals surface area (Å²) >= 11 is 0. The Balaban J connectivity index is 2.42. The summed E-state index contributed by atoms with van der Waals surface area (Å²) in [5, 5.41) is 24.1. The van der Waals surface area contributed by atoms with Gasteiger partial charge in [0.25, 0.3) is 0 Å². The highest BCUT2D eigenvalue weighted by Crippen LogP contribution is 2.23. The van der Waals surface area contributed by atoms with Crippen LogP contribution < -0.4 is 11.1 Å². The minimum atomic E-state index is -1.13. The van der Waals surface area contributed by atoms with Gasteiger partial charge in [0.1, 0.15) is 11.6 Å². The Kier molecular flexibility index (Phi) is 13.3. The molecule has 0 saturated carbocycles. The molecule has 4 atom stereocenters. The SMILES string of the molecule is CC(C)CC(C(N)=O)N(CCO)C(=O)C(Cc1ccccc1)CC(O)C(Cc1ccccc1)NC(=O)OC(C)(C)C. The molecule has 0 aliphatic carbocycles. The summed E-state index contributed by atoms with van der Waals surface area (Å²) in [4.78, 5) is 40.6. The van der Waals surface area contributed by atoms with Gasteiger partial charge < -0.3 is 30.9 Å². The zero-order chi connectivity index (χ0) is 30.6. The van der Waals surface area contributed by atoms with Crippen molar-refractivity contribution in [2.24, 2.45) is 17.6 Å². The van der Waals surface area contributed by atoms with Gasteiger partial charge in [-0.1, -0.05) is 74.5 Å². The van der Waals surface area contributed by atoms with Crippen LogP contribution in [0.4, 0.5) is 4.79 Å². The number of primary amides is 1. The standard InChI is InChI=1S/C32H47N3O6/c1-22(2)18-27(29(33)38)35(16-17-36)30(39)25(19-23-12-8-6-9-13-23)21-28(37)26(20-24-14-10-7-11-15-24)34-31(40)41-32(3,4)5/h6-15,22,25-28,36-37H,16-21H2,1-5H3,(H2,33,38)(H,34,40). The fourth-order valence-corrected chi connectivity index (χ4v) is 4.84. The lowest BCUT2D eigenvalue weighted by Crippen LogP contribution is -2.53. The first-order valence-corrected chi connectivity index (χ1v) is 14.3. The lowest BCUT2D eigenvalue weighted by Gasteiger charge is -2.35. The van der Waals surface area contributed by atoms with Gasteiger partial charge in [0, 0.05) is 12.5 Å². The topological polar surface area (TPSA) is 142 Å². The molecule has 9 nitrogen and oxygen atoms in total. The molecule has 41 heavy (non-hydrogen) atoms. The van der Waals surface area contributed by atoms with Gasteiger partial charge in [0.15, 0.2) is 0 Å². The molecule has 3 amide bonds. The molecule has 0 fully saturated rings. The maximum atomic E-state index is 14.1. The van der Waals surface area contributed by atoms with Crippen LogP contribution in [0.2, 0.25) is 0 Å². The Morgan fingerprint density at radius 3 is 1.93 bits per heavy atom. The fourth-order valence-electron chi connectivity index (χ4n) is 4.84. The van der Waals surface area contributed by atoms with E-state index in [0.29, 0.717) is 12.8 Å². The van der Waals surface area contributed by atoms with Crippen molar-refractivity contribution in [3.63, 3.8) is 0 Å². The van der Waals surface area contributed by atoms with Crippen molar-refractivity contribution in [2.75, 3.05) is 13.2 Å². The number of carbonyl (C=O) groups is 3. The zero-order valence-corrected chi connectivity index (χ0v) is 25.0. The van der Waals surface area contributed by atoms with E-state index in [4.69, 9.17) is 10.5 Å². The molecule has 2 rings (SSSR count). The van der Waals surface area contributed by atoms with E-state index < -0.39 is 41.7 Å². The van der Waals surface area contributed by atoms with Crippen LogP contribution in [0, 0.1) is 11.8 Å². The number of nitrogens with two attached hydrogens (primary N) is 1. The number of amides is 3. The predicted molar refractivity (Wildman–Crippen MR) is 159 cm³/mol. The average Bonchev–Trinajstić information content (AvgIpc) is 2.89. The minimum Gasteiger partial charge on any atom is -0.444 e. The molecule has 0 spiro atoms. The average molecular weight is 570 g/mol. The molecule has 0 heterocycles. The van der Waals surface area contributed by atoms with Crippen molar-refractivity contribution in [1.29, 1.82) is 0 Å². The fraction of sp³-hybridized carbons (Fsp3) is 0.531. The van der Waals surface area contributed by atoms with Crippen LogP contribution in [0.15, 0.2) is 60.7 Å². The van der Waals surface area contributed by atoms with Crippen LogP contribution >= 0.6 is 0 Å². The molecule has 0 saturated heterocycles. The van der Waals surface area contributed by atoms with Crippen LogP contribution in [-0.4, -0.2) is 70.0 Å². The number of hydrogen-bond acceptors (Lipinski definition) is 6. The predicted octanol–water partition coefficient (Wildman–Crippen LogP) is 3.45. The lowest BCUT2D eigenvalue weighted by molar-refractivity contribution is -0.144. The molecule has 2 aromatic rings. The largest absolute Gasteiger partial charge is 0.444 e. The van der Waals surface area contributed by atoms with Crippen LogP contribution in [-0.2, 0) is 27.2 Å². The molecule has 2 aromatic carbocycles. The summed E-state index contributed by atoms with van der Waals surface area (Å²) in [6.07, 6.45) is -0.861. The lowest BCUT2D eigenvalue weighted by atomic mass is 9.87. The molecule has 0 aromatic heterocycles. The summed E-state index contributed by atoms with van der Waals surface area (Å²) in [6, 6.07) is 17.2. The van der Waals surface area contributed by atoms with E-state index in [1.54, 1.807) is 20.8 Å². The van der Waals surface area contributed by atoms with E-state index >= 15 is 0 Å². The monoisotopic (exact) mass is 569 g/mol. The number of benzene rings is 2. The number of nitrogens with one attached hydrogen (secondary N) is 1. The number of aliphatic hydroxyl groups is 2. The second-order valence-electron chi connectivity index (χ2n) is 11.9. The number of nitrogens with zero attached hydrogens (tertiary/aromatic N) is 1. The Bertz CT molecular complexity index is 1090. The summed E-state index contributed by atoms with van der Waals surface area (Å²) in [6.45, 7) is 8.72. The normalized spacial score (nSPS) is 14.5. The van der Waals surface area contributed by atoms with Crippen LogP contribution in [0.25, 0.3) is 0 Å². The molecule has 0 aliphatic heterocycles. The molecular formula is C32H47N3O6. The Labute approximate surface area is 244 Å². The number of carbonyl (C=O) groups excluding carboxylic acids is 3. The van der Waals surface area contributed by atoms with E-state index in [0.717, 1.165) is 11.1 Å². The molecule has 226 valence electrons. The number of rotatable bonds is 15. The molecule has 4 unspecified atom stereocenters. The van der Waals surface area contributed by atoms with Gasteiger partial charge in [-0.05, 0) is 63.5 Å². The second kappa shape index (κ2) is 16.1. The number of alkyl carbamates (subject to hydrolysis) is 1. The van der Waals surface area contributed by atoms with Gasteiger partial charge in [-0.25, -0.2) is 4.79 Å². The van der Waals surface area contributed by atoms with E-state index in [9.17, 15) is 24.6 Å². The highest BCUT2D eigenvalue weighted by atomic mass is 16.6. The highest BCUT2D eigenvalue weighted by molar-refractivity contribution is 5.88. The second-order valence-corrected chi connectivity index (χ2v) is 11.9. The van der Waals surface area contributed by atoms with E-state index in [-0.39, 0.29) is 37.8 Å². The van der Waals surface area contributed by atoms with Gasteiger partial charge >= 0.3 is 6.09 Å². The van der Waals surface area contributed by atoms with Gasteiger partial charge in [0.05, 0.1) is 18.8 Å². The van der Waals surface area contributed by atoms with Crippen molar-refractivity contribution >= 4 is 17.9 Å². The molecule has 0 aliphatic rings. The first kappa shape index (κ1) is 33.8. The molecule has 9 heteroatoms. The van der Waals surface area contributed by atoms with E-state index in [1.807, 2.05) is 74.5 Å². The molecule has 0 radical (unpaired) electrons. The molecule has 0 bridgehead atoms. The van der Waals surface area contributed by atoms with Gasteiger partial charge in [-0.2, -0.15) is 0 Å². The van der Waals surface area contributed by atoms with Crippen LogP contribution in [0.1, 0.15) is 58.6 Å². The van der Waals surface area contributed by atoms with Crippen molar-refractivity contribution in [2.45, 2.75) is 84.1 Å². The zero-order valence-electron chi connectivity index (χ0n) is 25.0. The molecular weight excluding hydrogens is 522 g/mol. The Morgan fingerprint density at radius 1 is 0.927 bits per heavy atom. The smallest absolute Gasteiger partial charge is 0.407 e. The summed E-state index contributed by atoms with van der Waals surface area (Å²) in [5.74, 6) is -1.71. The Morgan fingerprint density at radius 2 is 1.46 bits per heavy atom. The van der Waals surface area contributed by atoms with Gasteiger partial charge in [-0.15, -0.1) is 0 Å². The summed E-state index contributed by atoms with van der Waals surface area (Å²) in [5.41, 5.74) is 6.76. The van der Waals surface area contributed by atoms with Gasteiger partial charge in [0.2, 0.25) is 11.8 Å². The van der Waals surface area contributed by atoms with E-state index in [2.05, 4.69) is 5.32 Å². The third-order valence-corrected chi connectivity index (χ3v) is 6.69. The number of ether oxygens (including phenoxy) is 1. The first-order valence-electron chi connectivity index (χ1n) is 14.3. The third kappa shape index (κ3) is 11.9. The quantitative estimate of drug-likeness (QED) is 0.259.